The van der Waals surface area contributed by atoms with Gasteiger partial charge < -0.3 is 10.1 Å². The molecule has 0 saturated heterocycles. The van der Waals surface area contributed by atoms with Crippen LogP contribution in [0, 0.1) is 6.92 Å². The Kier molecular flexibility index (Phi) is 5.49. The second kappa shape index (κ2) is 6.66. The van der Waals surface area contributed by atoms with E-state index in [1.165, 1.54) is 5.56 Å². The van der Waals surface area contributed by atoms with Crippen LogP contribution in [0.4, 0.5) is 0 Å². The topological polar surface area (TPSA) is 39.1 Å². The Labute approximate surface area is 98.0 Å². The summed E-state index contributed by atoms with van der Waals surface area (Å²) in [6, 6.07) is 0.745. The highest BCUT2D eigenvalue weighted by Gasteiger charge is 2.13. The van der Waals surface area contributed by atoms with Gasteiger partial charge in [-0.25, -0.2) is 0 Å². The summed E-state index contributed by atoms with van der Waals surface area (Å²) >= 11 is 0. The van der Waals surface area contributed by atoms with Gasteiger partial charge in [-0.05, 0) is 33.3 Å². The van der Waals surface area contributed by atoms with Gasteiger partial charge in [0, 0.05) is 25.4 Å². The van der Waals surface area contributed by atoms with E-state index in [2.05, 4.69) is 37.4 Å². The summed E-state index contributed by atoms with van der Waals surface area (Å²) in [4.78, 5) is 0. The van der Waals surface area contributed by atoms with Crippen molar-refractivity contribution in [1.29, 1.82) is 0 Å². The largest absolute Gasteiger partial charge is 0.380 e. The Morgan fingerprint density at radius 1 is 1.50 bits per heavy atom. The molecular formula is C12H23N3O. The van der Waals surface area contributed by atoms with E-state index in [4.69, 9.17) is 4.74 Å². The van der Waals surface area contributed by atoms with Crippen LogP contribution in [0.3, 0.4) is 0 Å². The molecule has 16 heavy (non-hydrogen) atoms. The number of nitrogens with zero attached hydrogens (tertiary/aromatic N) is 2. The first-order valence-electron chi connectivity index (χ1n) is 5.97. The van der Waals surface area contributed by atoms with Gasteiger partial charge in [0.15, 0.2) is 0 Å². The van der Waals surface area contributed by atoms with Crippen LogP contribution in [0.2, 0.25) is 0 Å². The van der Waals surface area contributed by atoms with Gasteiger partial charge in [0.1, 0.15) is 0 Å². The van der Waals surface area contributed by atoms with E-state index in [0.29, 0.717) is 12.1 Å². The number of nitrogens with one attached hydrogen (secondary N) is 1. The fourth-order valence-electron chi connectivity index (χ4n) is 1.56. The van der Waals surface area contributed by atoms with Gasteiger partial charge in [-0.2, -0.15) is 5.10 Å². The zero-order valence-electron chi connectivity index (χ0n) is 10.7. The Morgan fingerprint density at radius 3 is 2.81 bits per heavy atom. The van der Waals surface area contributed by atoms with Crippen molar-refractivity contribution in [3.63, 3.8) is 0 Å². The monoisotopic (exact) mass is 225 g/mol. The molecule has 0 saturated carbocycles. The quantitative estimate of drug-likeness (QED) is 0.719. The van der Waals surface area contributed by atoms with E-state index in [9.17, 15) is 0 Å². The van der Waals surface area contributed by atoms with E-state index in [0.717, 1.165) is 19.8 Å². The summed E-state index contributed by atoms with van der Waals surface area (Å²) in [6.07, 6.45) is 3.97. The summed E-state index contributed by atoms with van der Waals surface area (Å²) in [5.41, 5.74) is 1.20. The normalized spacial score (nSPS) is 15.0. The maximum Gasteiger partial charge on any atom is 0.0641 e. The molecule has 0 aliphatic heterocycles. The van der Waals surface area contributed by atoms with E-state index in [1.54, 1.807) is 0 Å². The van der Waals surface area contributed by atoms with Gasteiger partial charge in [-0.1, -0.05) is 0 Å². The lowest BCUT2D eigenvalue weighted by Gasteiger charge is -2.21. The highest BCUT2D eigenvalue weighted by atomic mass is 16.5. The number of hydrogen-bond acceptors (Lipinski definition) is 3. The SMILES string of the molecule is CCOCCN[C@H](C)[C@H](C)n1cc(C)cn1. The van der Waals surface area contributed by atoms with Crippen LogP contribution in [0.25, 0.3) is 0 Å². The van der Waals surface area contributed by atoms with Crippen molar-refractivity contribution in [1.82, 2.24) is 15.1 Å². The molecule has 0 unspecified atom stereocenters. The number of aromatic nitrogens is 2. The third-order valence-corrected chi connectivity index (χ3v) is 2.79. The lowest BCUT2D eigenvalue weighted by molar-refractivity contribution is 0.145. The van der Waals surface area contributed by atoms with E-state index in [-0.39, 0.29) is 0 Å². The van der Waals surface area contributed by atoms with Crippen LogP contribution >= 0.6 is 0 Å². The first-order chi connectivity index (χ1) is 7.65. The third-order valence-electron chi connectivity index (χ3n) is 2.79. The molecule has 1 heterocycles. The Hall–Kier alpha value is -0.870. The average molecular weight is 225 g/mol. The minimum absolute atomic E-state index is 0.357. The molecule has 0 amide bonds. The molecule has 1 N–H and O–H groups in total. The molecule has 0 aliphatic carbocycles. The minimum atomic E-state index is 0.357. The van der Waals surface area contributed by atoms with Crippen molar-refractivity contribution in [2.24, 2.45) is 0 Å². The summed E-state index contributed by atoms with van der Waals surface area (Å²) in [5.74, 6) is 0. The van der Waals surface area contributed by atoms with E-state index < -0.39 is 0 Å². The summed E-state index contributed by atoms with van der Waals surface area (Å²) < 4.78 is 7.30. The molecule has 2 atom stereocenters. The lowest BCUT2D eigenvalue weighted by Crippen LogP contribution is -2.36. The van der Waals surface area contributed by atoms with Crippen molar-refractivity contribution in [3.05, 3.63) is 18.0 Å². The molecule has 92 valence electrons. The van der Waals surface area contributed by atoms with Gasteiger partial charge in [-0.3, -0.25) is 4.68 Å². The first kappa shape index (κ1) is 13.2. The summed E-state index contributed by atoms with van der Waals surface area (Å²) in [5, 5.41) is 7.77. The van der Waals surface area contributed by atoms with Crippen LogP contribution in [0.15, 0.2) is 12.4 Å². The number of aryl methyl sites for hydroxylation is 1. The standard InChI is InChI=1S/C12H23N3O/c1-5-16-7-6-13-11(3)12(4)15-9-10(2)8-14-15/h8-9,11-13H,5-7H2,1-4H3/t11-,12+/m1/s1. The maximum atomic E-state index is 5.29. The highest BCUT2D eigenvalue weighted by Crippen LogP contribution is 2.10. The highest BCUT2D eigenvalue weighted by molar-refractivity contribution is 5.00. The molecule has 1 aromatic heterocycles. The predicted molar refractivity (Wildman–Crippen MR) is 65.6 cm³/mol. The van der Waals surface area contributed by atoms with Gasteiger partial charge in [0.2, 0.25) is 0 Å². The van der Waals surface area contributed by atoms with Gasteiger partial charge in [0.25, 0.3) is 0 Å². The molecule has 4 heteroatoms. The van der Waals surface area contributed by atoms with Gasteiger partial charge in [0.05, 0.1) is 18.8 Å². The van der Waals surface area contributed by atoms with Crippen LogP contribution in [-0.2, 0) is 4.74 Å². The second-order valence-electron chi connectivity index (χ2n) is 4.18. The van der Waals surface area contributed by atoms with Gasteiger partial charge >= 0.3 is 0 Å². The van der Waals surface area contributed by atoms with Crippen LogP contribution in [0.1, 0.15) is 32.4 Å². The van der Waals surface area contributed by atoms with Gasteiger partial charge in [-0.15, -0.1) is 0 Å². The van der Waals surface area contributed by atoms with Crippen LogP contribution < -0.4 is 5.32 Å². The van der Waals surface area contributed by atoms with Crippen molar-refractivity contribution in [2.75, 3.05) is 19.8 Å². The molecule has 0 aromatic carbocycles. The lowest BCUT2D eigenvalue weighted by atomic mass is 10.2. The molecule has 0 aliphatic rings. The second-order valence-corrected chi connectivity index (χ2v) is 4.18. The molecule has 0 radical (unpaired) electrons. The van der Waals surface area contributed by atoms with Crippen LogP contribution in [-0.4, -0.2) is 35.6 Å². The zero-order valence-corrected chi connectivity index (χ0v) is 10.7. The van der Waals surface area contributed by atoms with Crippen molar-refractivity contribution < 1.29 is 4.74 Å². The van der Waals surface area contributed by atoms with E-state index in [1.807, 2.05) is 17.8 Å². The Balaban J connectivity index is 2.33. The number of ether oxygens (including phenoxy) is 1. The smallest absolute Gasteiger partial charge is 0.0641 e. The molecule has 1 aromatic rings. The molecule has 1 rings (SSSR count). The van der Waals surface area contributed by atoms with Crippen LogP contribution in [0.5, 0.6) is 0 Å². The molecule has 4 nitrogen and oxygen atoms in total. The van der Waals surface area contributed by atoms with Crippen molar-refractivity contribution >= 4 is 0 Å². The molecular weight excluding hydrogens is 202 g/mol. The predicted octanol–water partition coefficient (Wildman–Crippen LogP) is 1.77. The number of hydrogen-bond donors (Lipinski definition) is 1. The maximum absolute atomic E-state index is 5.29. The summed E-state index contributed by atoms with van der Waals surface area (Å²) in [6.45, 7) is 10.9. The zero-order chi connectivity index (χ0) is 12.0. The summed E-state index contributed by atoms with van der Waals surface area (Å²) in [7, 11) is 0. The minimum Gasteiger partial charge on any atom is -0.380 e. The third kappa shape index (κ3) is 3.94. The Morgan fingerprint density at radius 2 is 2.25 bits per heavy atom. The van der Waals surface area contributed by atoms with E-state index >= 15 is 0 Å². The van der Waals surface area contributed by atoms with Crippen molar-refractivity contribution in [3.8, 4) is 0 Å². The number of rotatable bonds is 7. The molecule has 0 bridgehead atoms. The molecule has 0 fully saturated rings. The molecule has 0 spiro atoms. The average Bonchev–Trinajstić information content (AvgIpc) is 2.70. The van der Waals surface area contributed by atoms with Crippen molar-refractivity contribution in [2.45, 2.75) is 39.8 Å². The fourth-order valence-corrected chi connectivity index (χ4v) is 1.56. The first-order valence-corrected chi connectivity index (χ1v) is 5.97. The Bertz CT molecular complexity index is 298. The fraction of sp³-hybridized carbons (Fsp3) is 0.750.